The molecule has 7 heteroatoms. The maximum atomic E-state index is 13.4. The molecule has 2 atom stereocenters. The Labute approximate surface area is 118 Å². The van der Waals surface area contributed by atoms with E-state index < -0.39 is 10.7 Å². The molecule has 0 amide bonds. The molecule has 1 fully saturated rings. The van der Waals surface area contributed by atoms with Gasteiger partial charge in [0.2, 0.25) is 0 Å². The number of piperidine rings is 1. The monoisotopic (exact) mass is 331 g/mol. The molecular formula is C12H15BrFN3O2. The molecule has 1 saturated heterocycles. The van der Waals surface area contributed by atoms with E-state index in [1.807, 2.05) is 6.92 Å². The number of nitro benzene ring substituents is 1. The van der Waals surface area contributed by atoms with Crippen LogP contribution in [0.15, 0.2) is 16.6 Å². The van der Waals surface area contributed by atoms with Crippen LogP contribution >= 0.6 is 15.9 Å². The Morgan fingerprint density at radius 2 is 2.32 bits per heavy atom. The highest BCUT2D eigenvalue weighted by Crippen LogP contribution is 2.32. The fourth-order valence-corrected chi connectivity index (χ4v) is 2.59. The van der Waals surface area contributed by atoms with Gasteiger partial charge in [-0.05, 0) is 48.3 Å². The molecule has 1 aromatic carbocycles. The summed E-state index contributed by atoms with van der Waals surface area (Å²) < 4.78 is 13.6. The van der Waals surface area contributed by atoms with Gasteiger partial charge in [-0.3, -0.25) is 10.1 Å². The molecule has 1 aliphatic rings. The number of benzene rings is 1. The first-order chi connectivity index (χ1) is 8.99. The summed E-state index contributed by atoms with van der Waals surface area (Å²) >= 11 is 3.06. The van der Waals surface area contributed by atoms with E-state index in [4.69, 9.17) is 0 Å². The minimum absolute atomic E-state index is 0.102. The number of halogens is 2. The zero-order chi connectivity index (χ0) is 14.0. The first kappa shape index (κ1) is 14.2. The second-order valence-corrected chi connectivity index (χ2v) is 5.53. The van der Waals surface area contributed by atoms with Crippen molar-refractivity contribution in [2.24, 2.45) is 0 Å². The van der Waals surface area contributed by atoms with Crippen LogP contribution in [0.3, 0.4) is 0 Å². The summed E-state index contributed by atoms with van der Waals surface area (Å²) in [6.07, 6.45) is 1.94. The fourth-order valence-electron chi connectivity index (χ4n) is 2.24. The number of anilines is 1. The zero-order valence-corrected chi connectivity index (χ0v) is 12.0. The van der Waals surface area contributed by atoms with Crippen LogP contribution in [-0.4, -0.2) is 23.6 Å². The fraction of sp³-hybridized carbons (Fsp3) is 0.500. The van der Waals surface area contributed by atoms with Crippen LogP contribution < -0.4 is 10.6 Å². The van der Waals surface area contributed by atoms with Crippen molar-refractivity contribution in [2.45, 2.75) is 31.8 Å². The molecule has 1 heterocycles. The Balaban J connectivity index is 2.27. The topological polar surface area (TPSA) is 67.2 Å². The Hall–Kier alpha value is -1.21. The smallest absolute Gasteiger partial charge is 0.295 e. The third-order valence-corrected chi connectivity index (χ3v) is 3.95. The predicted octanol–water partition coefficient (Wildman–Crippen LogP) is 3.05. The van der Waals surface area contributed by atoms with E-state index in [0.717, 1.165) is 25.5 Å². The average Bonchev–Trinajstić information content (AvgIpc) is 2.36. The molecule has 1 aromatic rings. The number of nitrogens with zero attached hydrogens (tertiary/aromatic N) is 1. The summed E-state index contributed by atoms with van der Waals surface area (Å²) in [7, 11) is 0. The molecule has 2 unspecified atom stereocenters. The van der Waals surface area contributed by atoms with E-state index in [9.17, 15) is 14.5 Å². The summed E-state index contributed by atoms with van der Waals surface area (Å²) in [5.74, 6) is -0.632. The normalized spacial score (nSPS) is 23.1. The Morgan fingerprint density at radius 3 is 2.95 bits per heavy atom. The van der Waals surface area contributed by atoms with Crippen molar-refractivity contribution in [1.82, 2.24) is 5.32 Å². The number of nitro groups is 1. The van der Waals surface area contributed by atoms with Gasteiger partial charge in [0.05, 0.1) is 15.5 Å². The summed E-state index contributed by atoms with van der Waals surface area (Å²) in [5, 5.41) is 17.4. The third kappa shape index (κ3) is 3.22. The Bertz CT molecular complexity index is 498. The van der Waals surface area contributed by atoms with Crippen LogP contribution in [0.1, 0.15) is 19.8 Å². The largest absolute Gasteiger partial charge is 0.375 e. The Kier molecular flexibility index (Phi) is 4.36. The van der Waals surface area contributed by atoms with E-state index in [1.54, 1.807) is 0 Å². The second-order valence-electron chi connectivity index (χ2n) is 4.68. The van der Waals surface area contributed by atoms with Crippen molar-refractivity contribution in [1.29, 1.82) is 0 Å². The SMILES string of the molecule is CC1NCCCC1Nc1cc(Br)c(F)cc1[N+](=O)[O-]. The zero-order valence-electron chi connectivity index (χ0n) is 10.5. The lowest BCUT2D eigenvalue weighted by molar-refractivity contribution is -0.384. The highest BCUT2D eigenvalue weighted by Gasteiger charge is 2.25. The number of hydrogen-bond donors (Lipinski definition) is 2. The standard InChI is InChI=1S/C12H15BrFN3O2/c1-7-10(3-2-4-15-7)16-11-5-8(13)9(14)6-12(11)17(18)19/h5-7,10,15-16H,2-4H2,1H3. The number of hydrogen-bond acceptors (Lipinski definition) is 4. The van der Waals surface area contributed by atoms with E-state index in [0.29, 0.717) is 5.69 Å². The van der Waals surface area contributed by atoms with Crippen molar-refractivity contribution in [3.05, 3.63) is 32.5 Å². The third-order valence-electron chi connectivity index (χ3n) is 3.34. The van der Waals surface area contributed by atoms with Gasteiger partial charge in [0, 0.05) is 12.1 Å². The highest BCUT2D eigenvalue weighted by atomic mass is 79.9. The molecule has 19 heavy (non-hydrogen) atoms. The molecule has 0 radical (unpaired) electrons. The minimum Gasteiger partial charge on any atom is -0.375 e. The van der Waals surface area contributed by atoms with E-state index in [-0.39, 0.29) is 22.2 Å². The lowest BCUT2D eigenvalue weighted by Crippen LogP contribution is -2.46. The maximum Gasteiger partial charge on any atom is 0.295 e. The Morgan fingerprint density at radius 1 is 1.58 bits per heavy atom. The summed E-state index contributed by atoms with van der Waals surface area (Å²) in [6.45, 7) is 2.98. The van der Waals surface area contributed by atoms with Crippen LogP contribution in [0, 0.1) is 15.9 Å². The molecule has 0 saturated carbocycles. The lowest BCUT2D eigenvalue weighted by Gasteiger charge is -2.31. The molecule has 5 nitrogen and oxygen atoms in total. The molecule has 104 valence electrons. The van der Waals surface area contributed by atoms with Crippen molar-refractivity contribution in [3.8, 4) is 0 Å². The van der Waals surface area contributed by atoms with Gasteiger partial charge in [0.15, 0.2) is 0 Å². The molecule has 0 spiro atoms. The predicted molar refractivity (Wildman–Crippen MR) is 74.9 cm³/mol. The number of rotatable bonds is 3. The van der Waals surface area contributed by atoms with Crippen LogP contribution in [0.25, 0.3) is 0 Å². The second kappa shape index (κ2) is 5.83. The van der Waals surface area contributed by atoms with Crippen LogP contribution in [0.4, 0.5) is 15.8 Å². The van der Waals surface area contributed by atoms with Gasteiger partial charge in [0.1, 0.15) is 11.5 Å². The van der Waals surface area contributed by atoms with E-state index >= 15 is 0 Å². The maximum absolute atomic E-state index is 13.4. The molecule has 2 N–H and O–H groups in total. The van der Waals surface area contributed by atoms with Crippen LogP contribution in [-0.2, 0) is 0 Å². The van der Waals surface area contributed by atoms with Gasteiger partial charge in [-0.1, -0.05) is 0 Å². The van der Waals surface area contributed by atoms with Crippen LogP contribution in [0.5, 0.6) is 0 Å². The minimum atomic E-state index is -0.632. The first-order valence-corrected chi connectivity index (χ1v) is 6.91. The summed E-state index contributed by atoms with van der Waals surface area (Å²) in [5.41, 5.74) is 0.109. The van der Waals surface area contributed by atoms with Gasteiger partial charge < -0.3 is 10.6 Å². The quantitative estimate of drug-likeness (QED) is 0.659. The lowest BCUT2D eigenvalue weighted by atomic mass is 9.99. The van der Waals surface area contributed by atoms with Crippen molar-refractivity contribution in [2.75, 3.05) is 11.9 Å². The van der Waals surface area contributed by atoms with E-state index in [2.05, 4.69) is 26.6 Å². The first-order valence-electron chi connectivity index (χ1n) is 6.12. The molecule has 0 aliphatic carbocycles. The van der Waals surface area contributed by atoms with Gasteiger partial charge in [-0.25, -0.2) is 4.39 Å². The van der Waals surface area contributed by atoms with Gasteiger partial charge in [-0.15, -0.1) is 0 Å². The van der Waals surface area contributed by atoms with E-state index in [1.165, 1.54) is 6.07 Å². The van der Waals surface area contributed by atoms with Crippen LogP contribution in [0.2, 0.25) is 0 Å². The molecule has 0 aromatic heterocycles. The number of nitrogens with one attached hydrogen (secondary N) is 2. The van der Waals surface area contributed by atoms with Gasteiger partial charge in [-0.2, -0.15) is 0 Å². The van der Waals surface area contributed by atoms with Crippen molar-refractivity contribution in [3.63, 3.8) is 0 Å². The van der Waals surface area contributed by atoms with Gasteiger partial charge >= 0.3 is 0 Å². The van der Waals surface area contributed by atoms with Crippen molar-refractivity contribution < 1.29 is 9.31 Å². The van der Waals surface area contributed by atoms with Gasteiger partial charge in [0.25, 0.3) is 5.69 Å². The molecule has 0 bridgehead atoms. The molecule has 2 rings (SSSR count). The molecular weight excluding hydrogens is 317 g/mol. The highest BCUT2D eigenvalue weighted by molar-refractivity contribution is 9.10. The van der Waals surface area contributed by atoms with Crippen molar-refractivity contribution >= 4 is 27.3 Å². The summed E-state index contributed by atoms with van der Waals surface area (Å²) in [4.78, 5) is 10.4. The molecule has 1 aliphatic heterocycles. The summed E-state index contributed by atoms with van der Waals surface area (Å²) in [6, 6.07) is 2.68. The average molecular weight is 332 g/mol.